The van der Waals surface area contributed by atoms with Crippen molar-refractivity contribution in [2.24, 2.45) is 10.2 Å². The molecule has 1 heterocycles. The Bertz CT molecular complexity index is 1080. The normalized spacial score (nSPS) is 11.8. The number of hydrogen-bond acceptors (Lipinski definition) is 5. The topological polar surface area (TPSA) is 88.6 Å². The molecule has 0 aliphatic carbocycles. The largest absolute Gasteiger partial charge is 0.385 e. The van der Waals surface area contributed by atoms with E-state index < -0.39 is 0 Å². The van der Waals surface area contributed by atoms with Crippen molar-refractivity contribution in [3.8, 4) is 0 Å². The van der Waals surface area contributed by atoms with Gasteiger partial charge in [-0.25, -0.2) is 0 Å². The van der Waals surface area contributed by atoms with Crippen LogP contribution in [0.1, 0.15) is 23.7 Å². The predicted molar refractivity (Wildman–Crippen MR) is 126 cm³/mol. The van der Waals surface area contributed by atoms with Gasteiger partial charge < -0.3 is 15.3 Å². The lowest BCUT2D eigenvalue weighted by molar-refractivity contribution is 0.923. The highest BCUT2D eigenvalue weighted by Crippen LogP contribution is 2.14. The lowest BCUT2D eigenvalue weighted by atomic mass is 10.1. The molecule has 0 aliphatic heterocycles. The fourth-order valence-corrected chi connectivity index (χ4v) is 3.08. The SMILES string of the molecule is CC(=NN=Cc1ccc(N(C)C)cc1)c1c(CCNc2ccc(Cl)cc2)[nH][nH]c1=O. The van der Waals surface area contributed by atoms with Gasteiger partial charge in [-0.3, -0.25) is 9.89 Å². The third-order valence-electron chi connectivity index (χ3n) is 4.59. The van der Waals surface area contributed by atoms with E-state index in [-0.39, 0.29) is 5.56 Å². The smallest absolute Gasteiger partial charge is 0.273 e. The second-order valence-corrected chi connectivity index (χ2v) is 7.47. The van der Waals surface area contributed by atoms with Gasteiger partial charge in [0, 0.05) is 49.2 Å². The van der Waals surface area contributed by atoms with Crippen LogP contribution in [-0.4, -0.2) is 42.8 Å². The molecule has 0 fully saturated rings. The van der Waals surface area contributed by atoms with Crippen LogP contribution >= 0.6 is 11.6 Å². The van der Waals surface area contributed by atoms with Gasteiger partial charge in [-0.1, -0.05) is 23.7 Å². The molecule has 1 aromatic heterocycles. The minimum atomic E-state index is -0.205. The Labute approximate surface area is 180 Å². The molecule has 0 atom stereocenters. The molecule has 3 N–H and O–H groups in total. The number of hydrogen-bond donors (Lipinski definition) is 3. The summed E-state index contributed by atoms with van der Waals surface area (Å²) in [5.74, 6) is 0. The summed E-state index contributed by atoms with van der Waals surface area (Å²) in [6.45, 7) is 2.43. The summed E-state index contributed by atoms with van der Waals surface area (Å²) in [6.07, 6.45) is 2.30. The average Bonchev–Trinajstić information content (AvgIpc) is 3.10. The van der Waals surface area contributed by atoms with Gasteiger partial charge in [0.1, 0.15) is 0 Å². The van der Waals surface area contributed by atoms with Crippen molar-refractivity contribution in [1.29, 1.82) is 0 Å². The Morgan fingerprint density at radius 3 is 2.47 bits per heavy atom. The van der Waals surface area contributed by atoms with Crippen LogP contribution in [0.5, 0.6) is 0 Å². The summed E-state index contributed by atoms with van der Waals surface area (Å²) in [4.78, 5) is 14.3. The van der Waals surface area contributed by atoms with Gasteiger partial charge in [-0.2, -0.15) is 10.2 Å². The van der Waals surface area contributed by atoms with Crippen LogP contribution in [-0.2, 0) is 6.42 Å². The molecular weight excluding hydrogens is 400 g/mol. The number of nitrogens with zero attached hydrogens (tertiary/aromatic N) is 3. The predicted octanol–water partition coefficient (Wildman–Crippen LogP) is 3.92. The lowest BCUT2D eigenvalue weighted by Gasteiger charge is -2.11. The molecule has 2 aromatic carbocycles. The lowest BCUT2D eigenvalue weighted by Crippen LogP contribution is -2.14. The number of halogens is 1. The number of benzene rings is 2. The molecule has 156 valence electrons. The summed E-state index contributed by atoms with van der Waals surface area (Å²) in [6, 6.07) is 15.5. The quantitative estimate of drug-likeness (QED) is 0.378. The number of nitrogens with one attached hydrogen (secondary N) is 3. The first-order valence-corrected chi connectivity index (χ1v) is 9.96. The third kappa shape index (κ3) is 5.61. The fraction of sp³-hybridized carbons (Fsp3) is 0.227. The molecule has 0 spiro atoms. The number of aromatic nitrogens is 2. The van der Waals surface area contributed by atoms with Gasteiger partial charge in [0.15, 0.2) is 0 Å². The molecular formula is C22H25ClN6O. The summed E-state index contributed by atoms with van der Waals surface area (Å²) < 4.78 is 0. The van der Waals surface area contributed by atoms with Crippen molar-refractivity contribution in [3.05, 3.63) is 80.7 Å². The van der Waals surface area contributed by atoms with Crippen LogP contribution in [0, 0.1) is 0 Å². The first-order valence-electron chi connectivity index (χ1n) is 9.58. The van der Waals surface area contributed by atoms with Crippen LogP contribution in [0.4, 0.5) is 11.4 Å². The standard InChI is InChI=1S/C22H25ClN6O/c1-15(26-25-14-16-4-10-19(11-5-16)29(2)3)21-20(27-28-22(21)30)12-13-24-18-8-6-17(23)7-9-18/h4-11,14,24H,12-13H2,1-3H3,(H2,27,28,30). The minimum Gasteiger partial charge on any atom is -0.385 e. The van der Waals surface area contributed by atoms with E-state index in [2.05, 4.69) is 25.7 Å². The Morgan fingerprint density at radius 2 is 1.80 bits per heavy atom. The first-order chi connectivity index (χ1) is 14.4. The molecule has 0 bridgehead atoms. The van der Waals surface area contributed by atoms with Crippen molar-refractivity contribution in [1.82, 2.24) is 10.2 Å². The maximum Gasteiger partial charge on any atom is 0.273 e. The monoisotopic (exact) mass is 424 g/mol. The van der Waals surface area contributed by atoms with E-state index in [1.807, 2.05) is 67.5 Å². The van der Waals surface area contributed by atoms with Gasteiger partial charge in [0.05, 0.1) is 17.5 Å². The molecule has 0 radical (unpaired) electrons. The van der Waals surface area contributed by atoms with Crippen molar-refractivity contribution >= 4 is 34.9 Å². The van der Waals surface area contributed by atoms with E-state index in [0.717, 1.165) is 22.6 Å². The summed E-state index contributed by atoms with van der Waals surface area (Å²) in [5.41, 5.74) is 4.67. The Morgan fingerprint density at radius 1 is 1.10 bits per heavy atom. The molecule has 30 heavy (non-hydrogen) atoms. The van der Waals surface area contributed by atoms with Crippen molar-refractivity contribution < 1.29 is 0 Å². The number of rotatable bonds is 8. The Kier molecular flexibility index (Phi) is 7.08. The molecule has 3 aromatic rings. The van der Waals surface area contributed by atoms with E-state index in [1.54, 1.807) is 13.1 Å². The zero-order valence-corrected chi connectivity index (χ0v) is 18.0. The van der Waals surface area contributed by atoms with Crippen molar-refractivity contribution in [2.45, 2.75) is 13.3 Å². The van der Waals surface area contributed by atoms with Gasteiger partial charge in [0.2, 0.25) is 0 Å². The molecule has 0 aliphatic rings. The van der Waals surface area contributed by atoms with Crippen molar-refractivity contribution in [3.63, 3.8) is 0 Å². The minimum absolute atomic E-state index is 0.205. The van der Waals surface area contributed by atoms with Crippen LogP contribution in [0.15, 0.2) is 63.5 Å². The highest BCUT2D eigenvalue weighted by molar-refractivity contribution is 6.30. The fourth-order valence-electron chi connectivity index (χ4n) is 2.95. The van der Waals surface area contributed by atoms with E-state index >= 15 is 0 Å². The molecule has 0 unspecified atom stereocenters. The molecule has 0 amide bonds. The number of aromatic amines is 2. The highest BCUT2D eigenvalue weighted by atomic mass is 35.5. The summed E-state index contributed by atoms with van der Waals surface area (Å²) >= 11 is 5.90. The Balaban J connectivity index is 1.65. The summed E-state index contributed by atoms with van der Waals surface area (Å²) in [5, 5.41) is 17.9. The second kappa shape index (κ2) is 9.93. The summed E-state index contributed by atoms with van der Waals surface area (Å²) in [7, 11) is 3.99. The van der Waals surface area contributed by atoms with E-state index in [9.17, 15) is 4.79 Å². The van der Waals surface area contributed by atoms with E-state index in [4.69, 9.17) is 11.6 Å². The van der Waals surface area contributed by atoms with E-state index in [0.29, 0.717) is 29.3 Å². The van der Waals surface area contributed by atoms with Crippen LogP contribution in [0.2, 0.25) is 5.02 Å². The maximum absolute atomic E-state index is 12.2. The number of anilines is 2. The molecule has 3 rings (SSSR count). The molecule has 7 nitrogen and oxygen atoms in total. The zero-order valence-electron chi connectivity index (χ0n) is 17.2. The van der Waals surface area contributed by atoms with Crippen LogP contribution in [0.25, 0.3) is 0 Å². The maximum atomic E-state index is 12.2. The van der Waals surface area contributed by atoms with Gasteiger partial charge in [-0.05, 0) is 48.9 Å². The van der Waals surface area contributed by atoms with Gasteiger partial charge >= 0.3 is 0 Å². The number of H-pyrrole nitrogens is 2. The highest BCUT2D eigenvalue weighted by Gasteiger charge is 2.12. The third-order valence-corrected chi connectivity index (χ3v) is 4.84. The second-order valence-electron chi connectivity index (χ2n) is 7.03. The first kappa shape index (κ1) is 21.4. The van der Waals surface area contributed by atoms with Crippen molar-refractivity contribution in [2.75, 3.05) is 30.9 Å². The zero-order chi connectivity index (χ0) is 21.5. The van der Waals surface area contributed by atoms with Crippen LogP contribution < -0.4 is 15.8 Å². The van der Waals surface area contributed by atoms with E-state index in [1.165, 1.54) is 0 Å². The van der Waals surface area contributed by atoms with Gasteiger partial charge in [0.25, 0.3) is 5.56 Å². The molecule has 0 saturated carbocycles. The Hall–Kier alpha value is -3.32. The van der Waals surface area contributed by atoms with Gasteiger partial charge in [-0.15, -0.1) is 0 Å². The average molecular weight is 425 g/mol. The molecule has 8 heteroatoms. The molecule has 0 saturated heterocycles. The van der Waals surface area contributed by atoms with Crippen LogP contribution in [0.3, 0.4) is 0 Å².